The third kappa shape index (κ3) is 3.40. The quantitative estimate of drug-likeness (QED) is 0.539. The van der Waals surface area contributed by atoms with Crippen LogP contribution in [0.3, 0.4) is 0 Å². The zero-order chi connectivity index (χ0) is 5.66. The molecule has 0 saturated heterocycles. The summed E-state index contributed by atoms with van der Waals surface area (Å²) in [5.41, 5.74) is 0. The zero-order valence-corrected chi connectivity index (χ0v) is 4.80. The maximum atomic E-state index is 3.60. The summed E-state index contributed by atoms with van der Waals surface area (Å²) in [7, 11) is 0. The topological polar surface area (TPSA) is 28.7 Å². The summed E-state index contributed by atoms with van der Waals surface area (Å²) >= 11 is 0. The minimum atomic E-state index is 1.50. The largest absolute Gasteiger partial charge is 0.286 e. The Hall–Kier alpha value is -0.790. The molecule has 1 fully saturated rings. The second-order valence-electron chi connectivity index (χ2n) is 1.83. The van der Waals surface area contributed by atoms with E-state index in [0.717, 1.165) is 0 Å². The standard InChI is InChI=1S/C3H4N2.C3H6/c1-2-4-5-3-1;1-2-3-1/h1-3H,(H,4,5);1-3H2. The highest BCUT2D eigenvalue weighted by molar-refractivity contribution is 4.72. The molecule has 2 nitrogen and oxygen atoms in total. The van der Waals surface area contributed by atoms with E-state index in [4.69, 9.17) is 0 Å². The van der Waals surface area contributed by atoms with Crippen LogP contribution in [0.5, 0.6) is 0 Å². The van der Waals surface area contributed by atoms with Gasteiger partial charge in [-0.1, -0.05) is 19.3 Å². The fourth-order valence-corrected chi connectivity index (χ4v) is 0.215. The molecule has 2 heteroatoms. The van der Waals surface area contributed by atoms with E-state index in [0.29, 0.717) is 0 Å². The van der Waals surface area contributed by atoms with Crippen LogP contribution in [0.15, 0.2) is 18.5 Å². The lowest BCUT2D eigenvalue weighted by atomic mass is 10.8. The molecule has 0 unspecified atom stereocenters. The monoisotopic (exact) mass is 110 g/mol. The summed E-state index contributed by atoms with van der Waals surface area (Å²) in [4.78, 5) is 0. The van der Waals surface area contributed by atoms with Gasteiger partial charge in [-0.3, -0.25) is 5.10 Å². The molecule has 1 saturated carbocycles. The van der Waals surface area contributed by atoms with Crippen LogP contribution < -0.4 is 0 Å². The van der Waals surface area contributed by atoms with Crippen LogP contribution in [-0.4, -0.2) is 10.2 Å². The molecule has 1 N–H and O–H groups in total. The molecule has 1 heterocycles. The van der Waals surface area contributed by atoms with E-state index < -0.39 is 0 Å². The van der Waals surface area contributed by atoms with E-state index in [1.165, 1.54) is 19.3 Å². The first kappa shape index (κ1) is 5.35. The van der Waals surface area contributed by atoms with Crippen molar-refractivity contribution in [2.75, 3.05) is 0 Å². The van der Waals surface area contributed by atoms with Gasteiger partial charge >= 0.3 is 0 Å². The molecule has 2 rings (SSSR count). The Kier molecular flexibility index (Phi) is 2.17. The molecule has 0 bridgehead atoms. The lowest BCUT2D eigenvalue weighted by molar-refractivity contribution is 1.09. The van der Waals surface area contributed by atoms with Gasteiger partial charge in [-0.2, -0.15) is 5.10 Å². The van der Waals surface area contributed by atoms with Crippen molar-refractivity contribution in [3.8, 4) is 0 Å². The maximum absolute atomic E-state index is 3.60. The summed E-state index contributed by atoms with van der Waals surface area (Å²) in [6, 6.07) is 1.83. The van der Waals surface area contributed by atoms with Crippen LogP contribution in [0.1, 0.15) is 19.3 Å². The highest BCUT2D eigenvalue weighted by Gasteiger charge is 1.95. The zero-order valence-electron chi connectivity index (χ0n) is 4.80. The molecule has 0 aromatic carbocycles. The minimum Gasteiger partial charge on any atom is -0.286 e. The van der Waals surface area contributed by atoms with Gasteiger partial charge < -0.3 is 0 Å². The Labute approximate surface area is 48.9 Å². The van der Waals surface area contributed by atoms with Crippen LogP contribution in [0.2, 0.25) is 0 Å². The number of rotatable bonds is 0. The maximum Gasteiger partial charge on any atom is 0.0487 e. The Morgan fingerprint density at radius 3 is 2.12 bits per heavy atom. The van der Waals surface area contributed by atoms with Gasteiger partial charge in [0.15, 0.2) is 0 Å². The van der Waals surface area contributed by atoms with Gasteiger partial charge in [0.25, 0.3) is 0 Å². The number of nitrogens with one attached hydrogen (secondary N) is 1. The second-order valence-corrected chi connectivity index (χ2v) is 1.83. The van der Waals surface area contributed by atoms with E-state index >= 15 is 0 Å². The highest BCUT2D eigenvalue weighted by Crippen LogP contribution is 2.14. The number of hydrogen-bond acceptors (Lipinski definition) is 1. The number of hydrogen-bond donors (Lipinski definition) is 1. The van der Waals surface area contributed by atoms with Crippen LogP contribution in [0.4, 0.5) is 0 Å². The summed E-state index contributed by atoms with van der Waals surface area (Å²) in [6.07, 6.45) is 7.96. The average molecular weight is 110 g/mol. The first-order chi connectivity index (χ1) is 4.00. The molecular formula is C6H10N2. The molecule has 1 aromatic rings. The van der Waals surface area contributed by atoms with Crippen molar-refractivity contribution >= 4 is 0 Å². The lowest BCUT2D eigenvalue weighted by Crippen LogP contribution is -1.53. The lowest BCUT2D eigenvalue weighted by Gasteiger charge is -1.49. The Bertz CT molecular complexity index is 90.1. The van der Waals surface area contributed by atoms with Gasteiger partial charge in [-0.05, 0) is 6.07 Å². The summed E-state index contributed by atoms with van der Waals surface area (Å²) in [5, 5.41) is 6.21. The molecule has 1 aliphatic rings. The summed E-state index contributed by atoms with van der Waals surface area (Å²) in [6.45, 7) is 0. The smallest absolute Gasteiger partial charge is 0.0487 e. The van der Waals surface area contributed by atoms with Crippen LogP contribution >= 0.6 is 0 Å². The molecule has 44 valence electrons. The molecule has 1 aromatic heterocycles. The van der Waals surface area contributed by atoms with Crippen molar-refractivity contribution in [1.29, 1.82) is 0 Å². The third-order valence-corrected chi connectivity index (χ3v) is 0.759. The van der Waals surface area contributed by atoms with Gasteiger partial charge in [0.05, 0.1) is 0 Å². The first-order valence-electron chi connectivity index (χ1n) is 2.94. The van der Waals surface area contributed by atoms with Gasteiger partial charge in [0.2, 0.25) is 0 Å². The third-order valence-electron chi connectivity index (χ3n) is 0.759. The Morgan fingerprint density at radius 2 is 2.00 bits per heavy atom. The number of aromatic nitrogens is 2. The molecule has 0 atom stereocenters. The van der Waals surface area contributed by atoms with Crippen LogP contribution in [0, 0.1) is 0 Å². The number of H-pyrrole nitrogens is 1. The fourth-order valence-electron chi connectivity index (χ4n) is 0.215. The van der Waals surface area contributed by atoms with Crippen molar-refractivity contribution in [3.05, 3.63) is 18.5 Å². The van der Waals surface area contributed by atoms with Crippen molar-refractivity contribution < 1.29 is 0 Å². The van der Waals surface area contributed by atoms with Crippen LogP contribution in [-0.2, 0) is 0 Å². The molecule has 0 spiro atoms. The molecule has 8 heavy (non-hydrogen) atoms. The second kappa shape index (κ2) is 3.24. The van der Waals surface area contributed by atoms with Gasteiger partial charge in [-0.15, -0.1) is 0 Å². The molecule has 1 aliphatic carbocycles. The number of nitrogens with zero attached hydrogens (tertiary/aromatic N) is 1. The SMILES string of the molecule is C1CC1.c1cn[nH]c1. The summed E-state index contributed by atoms with van der Waals surface area (Å²) < 4.78 is 0. The van der Waals surface area contributed by atoms with E-state index in [1.54, 1.807) is 12.4 Å². The van der Waals surface area contributed by atoms with Gasteiger partial charge in [-0.25, -0.2) is 0 Å². The van der Waals surface area contributed by atoms with E-state index in [9.17, 15) is 0 Å². The molecular weight excluding hydrogens is 100 g/mol. The predicted molar refractivity (Wildman–Crippen MR) is 32.4 cm³/mol. The Morgan fingerprint density at radius 1 is 1.25 bits per heavy atom. The fraction of sp³-hybridized carbons (Fsp3) is 0.500. The van der Waals surface area contributed by atoms with Crippen molar-refractivity contribution in [1.82, 2.24) is 10.2 Å². The highest BCUT2D eigenvalue weighted by atomic mass is 15.1. The predicted octanol–water partition coefficient (Wildman–Crippen LogP) is 1.58. The summed E-state index contributed by atoms with van der Waals surface area (Å²) in [5.74, 6) is 0. The van der Waals surface area contributed by atoms with E-state index in [-0.39, 0.29) is 0 Å². The van der Waals surface area contributed by atoms with Crippen molar-refractivity contribution in [2.45, 2.75) is 19.3 Å². The van der Waals surface area contributed by atoms with E-state index in [2.05, 4.69) is 10.2 Å². The molecule has 0 aliphatic heterocycles. The minimum absolute atomic E-state index is 1.50. The van der Waals surface area contributed by atoms with E-state index in [1.807, 2.05) is 6.07 Å². The first-order valence-corrected chi connectivity index (χ1v) is 2.94. The van der Waals surface area contributed by atoms with Crippen LogP contribution in [0.25, 0.3) is 0 Å². The number of aromatic amines is 1. The van der Waals surface area contributed by atoms with Gasteiger partial charge in [0, 0.05) is 12.4 Å². The molecule has 0 radical (unpaired) electrons. The van der Waals surface area contributed by atoms with Gasteiger partial charge in [0.1, 0.15) is 0 Å². The van der Waals surface area contributed by atoms with Crippen molar-refractivity contribution in [2.24, 2.45) is 0 Å². The molecule has 0 amide bonds. The van der Waals surface area contributed by atoms with Crippen molar-refractivity contribution in [3.63, 3.8) is 0 Å². The Balaban J connectivity index is 0.0000000907. The average Bonchev–Trinajstić information content (AvgIpc) is 2.55. The normalized spacial score (nSPS) is 14.0.